The van der Waals surface area contributed by atoms with Crippen molar-refractivity contribution in [3.63, 3.8) is 0 Å². The number of esters is 1. The molecule has 2 aromatic heterocycles. The molecule has 1 atom stereocenters. The zero-order valence-electron chi connectivity index (χ0n) is 13.2. The Morgan fingerprint density at radius 1 is 1.33 bits per heavy atom. The van der Waals surface area contributed by atoms with Gasteiger partial charge in [0.25, 0.3) is 5.56 Å². The van der Waals surface area contributed by atoms with Crippen molar-refractivity contribution in [2.75, 3.05) is 7.11 Å². The molecular formula is C16H16N4O4. The zero-order chi connectivity index (χ0) is 17.3. The summed E-state index contributed by atoms with van der Waals surface area (Å²) >= 11 is 0. The van der Waals surface area contributed by atoms with Gasteiger partial charge in [-0.3, -0.25) is 4.79 Å². The van der Waals surface area contributed by atoms with Gasteiger partial charge < -0.3 is 14.3 Å². The summed E-state index contributed by atoms with van der Waals surface area (Å²) in [6.07, 6.45) is 3.37. The first-order chi connectivity index (χ1) is 11.5. The molecule has 0 spiro atoms. The van der Waals surface area contributed by atoms with E-state index in [1.807, 2.05) is 0 Å². The second kappa shape index (κ2) is 6.15. The van der Waals surface area contributed by atoms with E-state index < -0.39 is 23.3 Å². The number of nitrogens with zero attached hydrogens (tertiary/aromatic N) is 3. The minimum atomic E-state index is -1.10. The Bertz CT molecular complexity index is 1010. The lowest BCUT2D eigenvalue weighted by Crippen LogP contribution is -2.42. The van der Waals surface area contributed by atoms with Crippen LogP contribution in [0.15, 0.2) is 46.2 Å². The Morgan fingerprint density at radius 3 is 2.75 bits per heavy atom. The second-order valence-corrected chi connectivity index (χ2v) is 5.35. The van der Waals surface area contributed by atoms with E-state index >= 15 is 0 Å². The molecule has 8 nitrogen and oxygen atoms in total. The van der Waals surface area contributed by atoms with Crippen LogP contribution in [0.2, 0.25) is 0 Å². The number of aromatic nitrogens is 4. The molecule has 0 aliphatic heterocycles. The number of methoxy groups -OCH3 is 1. The highest BCUT2D eigenvalue weighted by Gasteiger charge is 2.27. The zero-order valence-corrected chi connectivity index (χ0v) is 13.2. The van der Waals surface area contributed by atoms with Crippen LogP contribution in [0.25, 0.3) is 10.9 Å². The van der Waals surface area contributed by atoms with E-state index in [1.165, 1.54) is 7.11 Å². The summed E-state index contributed by atoms with van der Waals surface area (Å²) in [6.45, 7) is 0. The number of carbonyl (C=O) groups excluding carboxylic acids is 1. The molecular weight excluding hydrogens is 312 g/mol. The number of aromatic amines is 1. The minimum Gasteiger partial charge on any atom is -0.467 e. The SMILES string of the molecule is COC(=O)C(Cc1nccn1C)n1c(=O)[nH]c2ccccc2c1=O. The second-order valence-electron chi connectivity index (χ2n) is 5.35. The lowest BCUT2D eigenvalue weighted by molar-refractivity contribution is -0.144. The van der Waals surface area contributed by atoms with Gasteiger partial charge in [-0.05, 0) is 12.1 Å². The lowest BCUT2D eigenvalue weighted by atomic mass is 10.1. The minimum absolute atomic E-state index is 0.0670. The number of aryl methyl sites for hydroxylation is 1. The molecule has 1 N–H and O–H groups in total. The molecule has 1 unspecified atom stereocenters. The predicted octanol–water partition coefficient (Wildman–Crippen LogP) is 0.380. The first kappa shape index (κ1) is 15.7. The largest absolute Gasteiger partial charge is 0.467 e. The topological polar surface area (TPSA) is 99.0 Å². The third-order valence-corrected chi connectivity index (χ3v) is 3.92. The maximum absolute atomic E-state index is 12.7. The first-order valence-corrected chi connectivity index (χ1v) is 7.30. The van der Waals surface area contributed by atoms with Crippen LogP contribution < -0.4 is 11.2 Å². The average Bonchev–Trinajstić information content (AvgIpc) is 2.98. The number of ether oxygens (including phenoxy) is 1. The number of hydrogen-bond acceptors (Lipinski definition) is 5. The van der Waals surface area contributed by atoms with Crippen LogP contribution in [-0.2, 0) is 23.0 Å². The summed E-state index contributed by atoms with van der Waals surface area (Å²) in [5.74, 6) is -0.120. The summed E-state index contributed by atoms with van der Waals surface area (Å²) in [5.41, 5.74) is -0.786. The molecule has 0 saturated heterocycles. The molecule has 0 amide bonds. The quantitative estimate of drug-likeness (QED) is 0.698. The van der Waals surface area contributed by atoms with E-state index in [9.17, 15) is 14.4 Å². The van der Waals surface area contributed by atoms with Crippen LogP contribution in [0.1, 0.15) is 11.9 Å². The van der Waals surface area contributed by atoms with Gasteiger partial charge in [0.15, 0.2) is 0 Å². The number of fused-ring (bicyclic) bond motifs is 1. The van der Waals surface area contributed by atoms with Gasteiger partial charge >= 0.3 is 11.7 Å². The first-order valence-electron chi connectivity index (χ1n) is 7.30. The van der Waals surface area contributed by atoms with Crippen LogP contribution >= 0.6 is 0 Å². The van der Waals surface area contributed by atoms with Crippen molar-refractivity contribution >= 4 is 16.9 Å². The van der Waals surface area contributed by atoms with Gasteiger partial charge in [0.2, 0.25) is 0 Å². The molecule has 24 heavy (non-hydrogen) atoms. The molecule has 0 saturated carbocycles. The van der Waals surface area contributed by atoms with E-state index in [2.05, 4.69) is 9.97 Å². The molecule has 0 radical (unpaired) electrons. The molecule has 1 aromatic carbocycles. The average molecular weight is 328 g/mol. The Kier molecular flexibility index (Phi) is 4.03. The highest BCUT2D eigenvalue weighted by molar-refractivity contribution is 5.78. The summed E-state index contributed by atoms with van der Waals surface area (Å²) < 4.78 is 7.40. The number of carbonyl (C=O) groups is 1. The number of nitrogens with one attached hydrogen (secondary N) is 1. The van der Waals surface area contributed by atoms with Gasteiger partial charge in [-0.15, -0.1) is 0 Å². The molecule has 8 heteroatoms. The van der Waals surface area contributed by atoms with Crippen molar-refractivity contribution < 1.29 is 9.53 Å². The third-order valence-electron chi connectivity index (χ3n) is 3.92. The number of para-hydroxylation sites is 1. The van der Waals surface area contributed by atoms with E-state index in [4.69, 9.17) is 4.74 Å². The molecule has 0 aliphatic carbocycles. The summed E-state index contributed by atoms with van der Waals surface area (Å²) in [6, 6.07) is 5.54. The monoisotopic (exact) mass is 328 g/mol. The number of rotatable bonds is 4. The number of H-pyrrole nitrogens is 1. The van der Waals surface area contributed by atoms with Gasteiger partial charge in [-0.25, -0.2) is 19.1 Å². The van der Waals surface area contributed by atoms with E-state index in [0.717, 1.165) is 4.57 Å². The smallest absolute Gasteiger partial charge is 0.329 e. The van der Waals surface area contributed by atoms with Crippen LogP contribution in [0.3, 0.4) is 0 Å². The number of imidazole rings is 1. The maximum atomic E-state index is 12.7. The van der Waals surface area contributed by atoms with Gasteiger partial charge in [0.1, 0.15) is 11.9 Å². The number of benzene rings is 1. The fraction of sp³-hybridized carbons (Fsp3) is 0.250. The Morgan fingerprint density at radius 2 is 2.08 bits per heavy atom. The van der Waals surface area contributed by atoms with Crippen LogP contribution in [0, 0.1) is 0 Å². The van der Waals surface area contributed by atoms with Gasteiger partial charge in [-0.1, -0.05) is 12.1 Å². The summed E-state index contributed by atoms with van der Waals surface area (Å²) in [4.78, 5) is 44.1. The Hall–Kier alpha value is -3.16. The van der Waals surface area contributed by atoms with Crippen LogP contribution in [0.5, 0.6) is 0 Å². The van der Waals surface area contributed by atoms with Gasteiger partial charge in [0.05, 0.1) is 18.0 Å². The highest BCUT2D eigenvalue weighted by Crippen LogP contribution is 2.13. The van der Waals surface area contributed by atoms with Crippen molar-refractivity contribution in [3.05, 3.63) is 63.3 Å². The van der Waals surface area contributed by atoms with E-state index in [-0.39, 0.29) is 6.42 Å². The van der Waals surface area contributed by atoms with Crippen molar-refractivity contribution in [3.8, 4) is 0 Å². The predicted molar refractivity (Wildman–Crippen MR) is 86.8 cm³/mol. The molecule has 3 aromatic rings. The van der Waals surface area contributed by atoms with Crippen molar-refractivity contribution in [2.24, 2.45) is 7.05 Å². The van der Waals surface area contributed by atoms with Gasteiger partial charge in [0, 0.05) is 25.9 Å². The summed E-state index contributed by atoms with van der Waals surface area (Å²) in [5, 5.41) is 0.325. The van der Waals surface area contributed by atoms with E-state index in [1.54, 1.807) is 48.3 Å². The van der Waals surface area contributed by atoms with Gasteiger partial charge in [-0.2, -0.15) is 0 Å². The van der Waals surface area contributed by atoms with Crippen molar-refractivity contribution in [2.45, 2.75) is 12.5 Å². The standard InChI is InChI=1S/C16H16N4O4/c1-19-8-7-17-13(19)9-12(15(22)24-2)20-14(21)10-5-3-4-6-11(10)18-16(20)23/h3-8,12H,9H2,1-2H3,(H,18,23). The van der Waals surface area contributed by atoms with Crippen LogP contribution in [-0.4, -0.2) is 32.2 Å². The Labute approximate surface area is 136 Å². The third kappa shape index (κ3) is 2.62. The normalized spacial score (nSPS) is 12.2. The molecule has 0 bridgehead atoms. The molecule has 2 heterocycles. The van der Waals surface area contributed by atoms with Crippen LogP contribution in [0.4, 0.5) is 0 Å². The Balaban J connectivity index is 2.20. The molecule has 124 valence electrons. The fourth-order valence-corrected chi connectivity index (χ4v) is 2.64. The fourth-order valence-electron chi connectivity index (χ4n) is 2.64. The highest BCUT2D eigenvalue weighted by atomic mass is 16.5. The molecule has 3 rings (SSSR count). The molecule has 0 fully saturated rings. The maximum Gasteiger partial charge on any atom is 0.329 e. The van der Waals surface area contributed by atoms with Crippen molar-refractivity contribution in [1.82, 2.24) is 19.1 Å². The van der Waals surface area contributed by atoms with Crippen molar-refractivity contribution in [1.29, 1.82) is 0 Å². The van der Waals surface area contributed by atoms with E-state index in [0.29, 0.717) is 16.7 Å². The molecule has 0 aliphatic rings. The lowest BCUT2D eigenvalue weighted by Gasteiger charge is -2.17. The number of hydrogen-bond donors (Lipinski definition) is 1. The summed E-state index contributed by atoms with van der Waals surface area (Å²) in [7, 11) is 2.98.